The highest BCUT2D eigenvalue weighted by molar-refractivity contribution is 5.89. The lowest BCUT2D eigenvalue weighted by Crippen LogP contribution is -2.05. The second kappa shape index (κ2) is 19.8. The minimum Gasteiger partial charge on any atom is -0.494 e. The third kappa shape index (κ3) is 13.5. The van der Waals surface area contributed by atoms with Crippen molar-refractivity contribution < 1.29 is 38.1 Å². The van der Waals surface area contributed by atoms with Crippen LogP contribution in [0.3, 0.4) is 0 Å². The number of carbonyl (C=O) groups excluding carboxylic acids is 3. The summed E-state index contributed by atoms with van der Waals surface area (Å²) >= 11 is 0. The number of unbranched alkanes of at least 4 members (excludes halogenated alkanes) is 2. The summed E-state index contributed by atoms with van der Waals surface area (Å²) in [4.78, 5) is 39.0. The van der Waals surface area contributed by atoms with Crippen LogP contribution in [0.2, 0.25) is 0 Å². The van der Waals surface area contributed by atoms with Gasteiger partial charge in [0, 0.05) is 24.4 Å². The van der Waals surface area contributed by atoms with E-state index in [1.54, 1.807) is 24.4 Å². The molecule has 0 unspecified atom stereocenters. The molecule has 240 valence electrons. The number of benzene rings is 3. The smallest absolute Gasteiger partial charge is 0.336 e. The van der Waals surface area contributed by atoms with Crippen molar-refractivity contribution in [2.75, 3.05) is 26.4 Å². The summed E-state index contributed by atoms with van der Waals surface area (Å²) in [5, 5.41) is 0. The minimum atomic E-state index is -0.490. The molecule has 0 heterocycles. The van der Waals surface area contributed by atoms with Crippen molar-refractivity contribution in [2.45, 2.75) is 32.6 Å². The molecule has 0 N–H and O–H groups in total. The molecule has 0 aliphatic carbocycles. The van der Waals surface area contributed by atoms with Crippen LogP contribution in [0, 0.1) is 6.92 Å². The maximum atomic E-state index is 12.4. The standard InChI is InChI=1S/C37H39NO8/c1-4-35(39)44-24-8-6-22-42-32-16-10-29(11-17-32)14-21-37(41)46-34-20-15-31(26-28(34)3)38-27-30-12-18-33(19-13-30)43-23-7-9-25-45-36(40)5-2/h4-5,10-21,26-27H,1-2,6-9,22-25H2,3H3. The summed E-state index contributed by atoms with van der Waals surface area (Å²) < 4.78 is 26.8. The number of ether oxygens (including phenoxy) is 5. The number of esters is 3. The van der Waals surface area contributed by atoms with Crippen LogP contribution in [-0.4, -0.2) is 50.6 Å². The van der Waals surface area contributed by atoms with Crippen LogP contribution in [0.4, 0.5) is 5.69 Å². The molecule has 3 aromatic rings. The first kappa shape index (κ1) is 35.0. The summed E-state index contributed by atoms with van der Waals surface area (Å²) in [6.45, 7) is 10.3. The Labute approximate surface area is 269 Å². The molecule has 0 amide bonds. The van der Waals surface area contributed by atoms with Gasteiger partial charge < -0.3 is 23.7 Å². The molecule has 9 heteroatoms. The second-order valence-corrected chi connectivity index (χ2v) is 9.95. The molecule has 3 rings (SSSR count). The first-order valence-electron chi connectivity index (χ1n) is 14.9. The molecule has 0 radical (unpaired) electrons. The molecule has 0 bridgehead atoms. The topological polar surface area (TPSA) is 110 Å². The van der Waals surface area contributed by atoms with Crippen LogP contribution in [0.15, 0.2) is 103 Å². The maximum absolute atomic E-state index is 12.4. The van der Waals surface area contributed by atoms with Gasteiger partial charge in [-0.3, -0.25) is 4.99 Å². The molecule has 3 aromatic carbocycles. The van der Waals surface area contributed by atoms with Crippen LogP contribution >= 0.6 is 0 Å². The Kier molecular flexibility index (Phi) is 15.1. The fraction of sp³-hybridized carbons (Fsp3) is 0.243. The van der Waals surface area contributed by atoms with Gasteiger partial charge in [-0.1, -0.05) is 25.3 Å². The number of aliphatic imine (C=N–C) groups is 1. The molecular weight excluding hydrogens is 586 g/mol. The first-order valence-corrected chi connectivity index (χ1v) is 14.9. The van der Waals surface area contributed by atoms with Gasteiger partial charge in [0.2, 0.25) is 0 Å². The Balaban J connectivity index is 1.39. The zero-order valence-corrected chi connectivity index (χ0v) is 26.0. The quantitative estimate of drug-likeness (QED) is 0.0455. The van der Waals surface area contributed by atoms with Gasteiger partial charge in [0.05, 0.1) is 32.1 Å². The van der Waals surface area contributed by atoms with E-state index in [4.69, 9.17) is 23.7 Å². The fourth-order valence-electron chi connectivity index (χ4n) is 3.86. The van der Waals surface area contributed by atoms with E-state index in [9.17, 15) is 14.4 Å². The van der Waals surface area contributed by atoms with Gasteiger partial charge in [-0.25, -0.2) is 14.4 Å². The molecule has 0 saturated heterocycles. The van der Waals surface area contributed by atoms with Crippen LogP contribution in [0.1, 0.15) is 42.4 Å². The monoisotopic (exact) mass is 625 g/mol. The average Bonchev–Trinajstić information content (AvgIpc) is 3.07. The molecule has 0 fully saturated rings. The fourth-order valence-corrected chi connectivity index (χ4v) is 3.86. The van der Waals surface area contributed by atoms with E-state index < -0.39 is 17.9 Å². The zero-order chi connectivity index (χ0) is 33.0. The SMILES string of the molecule is C=CC(=O)OCCCCOc1ccc(C=CC(=O)Oc2ccc(N=Cc3ccc(OCCCCOC(=O)C=C)cc3)cc2C)cc1. The molecular formula is C37H39NO8. The highest BCUT2D eigenvalue weighted by atomic mass is 16.5. The van der Waals surface area contributed by atoms with E-state index in [0.29, 0.717) is 50.8 Å². The Hall–Kier alpha value is -5.44. The largest absolute Gasteiger partial charge is 0.494 e. The van der Waals surface area contributed by atoms with Crippen molar-refractivity contribution in [3.8, 4) is 17.2 Å². The van der Waals surface area contributed by atoms with Gasteiger partial charge in [-0.05, 0) is 110 Å². The Morgan fingerprint density at radius 1 is 0.674 bits per heavy atom. The van der Waals surface area contributed by atoms with Crippen molar-refractivity contribution in [1.29, 1.82) is 0 Å². The lowest BCUT2D eigenvalue weighted by molar-refractivity contribution is -0.138. The van der Waals surface area contributed by atoms with Crippen LogP contribution < -0.4 is 14.2 Å². The molecule has 0 atom stereocenters. The van der Waals surface area contributed by atoms with Crippen molar-refractivity contribution in [1.82, 2.24) is 0 Å². The van der Waals surface area contributed by atoms with Gasteiger partial charge in [-0.2, -0.15) is 0 Å². The normalized spacial score (nSPS) is 10.8. The molecule has 0 spiro atoms. The highest BCUT2D eigenvalue weighted by Crippen LogP contribution is 2.24. The van der Waals surface area contributed by atoms with Gasteiger partial charge >= 0.3 is 17.9 Å². The van der Waals surface area contributed by atoms with E-state index in [1.165, 1.54) is 6.08 Å². The molecule has 0 aromatic heterocycles. The Morgan fingerprint density at radius 2 is 1.20 bits per heavy atom. The first-order chi connectivity index (χ1) is 22.4. The van der Waals surface area contributed by atoms with Crippen molar-refractivity contribution in [2.24, 2.45) is 4.99 Å². The van der Waals surface area contributed by atoms with E-state index >= 15 is 0 Å². The van der Waals surface area contributed by atoms with Gasteiger partial charge in [0.15, 0.2) is 0 Å². The minimum absolute atomic E-state index is 0.334. The van der Waals surface area contributed by atoms with E-state index in [2.05, 4.69) is 18.2 Å². The summed E-state index contributed by atoms with van der Waals surface area (Å²) in [6.07, 6.45) is 10.0. The summed E-state index contributed by atoms with van der Waals surface area (Å²) in [5.74, 6) is 0.578. The van der Waals surface area contributed by atoms with Crippen LogP contribution in [-0.2, 0) is 23.9 Å². The number of rotatable bonds is 19. The zero-order valence-electron chi connectivity index (χ0n) is 26.0. The number of nitrogens with zero attached hydrogens (tertiary/aromatic N) is 1. The van der Waals surface area contributed by atoms with Crippen molar-refractivity contribution in [3.05, 3.63) is 115 Å². The molecule has 0 aliphatic rings. The van der Waals surface area contributed by atoms with Gasteiger partial charge in [0.1, 0.15) is 17.2 Å². The summed E-state index contributed by atoms with van der Waals surface area (Å²) in [7, 11) is 0. The number of hydrogen-bond acceptors (Lipinski definition) is 9. The van der Waals surface area contributed by atoms with Crippen LogP contribution in [0.25, 0.3) is 6.08 Å². The van der Waals surface area contributed by atoms with Crippen LogP contribution in [0.5, 0.6) is 17.2 Å². The lowest BCUT2D eigenvalue weighted by Gasteiger charge is -2.07. The highest BCUT2D eigenvalue weighted by Gasteiger charge is 2.06. The number of hydrogen-bond donors (Lipinski definition) is 0. The van der Waals surface area contributed by atoms with Gasteiger partial charge in [0.25, 0.3) is 0 Å². The predicted molar refractivity (Wildman–Crippen MR) is 178 cm³/mol. The Morgan fingerprint density at radius 3 is 1.72 bits per heavy atom. The van der Waals surface area contributed by atoms with E-state index in [-0.39, 0.29) is 0 Å². The summed E-state index contributed by atoms with van der Waals surface area (Å²) in [6, 6.07) is 20.3. The van der Waals surface area contributed by atoms with E-state index in [1.807, 2.05) is 61.5 Å². The maximum Gasteiger partial charge on any atom is 0.336 e. The Bertz CT molecular complexity index is 1510. The van der Waals surface area contributed by atoms with E-state index in [0.717, 1.165) is 53.1 Å². The molecule has 46 heavy (non-hydrogen) atoms. The number of carbonyl (C=O) groups is 3. The predicted octanol–water partition coefficient (Wildman–Crippen LogP) is 7.14. The summed E-state index contributed by atoms with van der Waals surface area (Å²) in [5.41, 5.74) is 3.24. The van der Waals surface area contributed by atoms with Crippen molar-refractivity contribution in [3.63, 3.8) is 0 Å². The number of aryl methyl sites for hydroxylation is 1. The van der Waals surface area contributed by atoms with Crippen molar-refractivity contribution >= 4 is 35.9 Å². The average molecular weight is 626 g/mol. The molecule has 0 saturated carbocycles. The molecule has 9 nitrogen and oxygen atoms in total. The van der Waals surface area contributed by atoms with Gasteiger partial charge in [-0.15, -0.1) is 0 Å². The second-order valence-electron chi connectivity index (χ2n) is 9.95. The molecule has 0 aliphatic heterocycles. The third-order valence-corrected chi connectivity index (χ3v) is 6.34. The lowest BCUT2D eigenvalue weighted by atomic mass is 10.2. The third-order valence-electron chi connectivity index (χ3n) is 6.34.